The van der Waals surface area contributed by atoms with Crippen LogP contribution >= 0.6 is 24.2 Å². The third kappa shape index (κ3) is 4.46. The second kappa shape index (κ2) is 7.80. The Morgan fingerprint density at radius 3 is 2.44 bits per heavy atom. The molecule has 0 unspecified atom stereocenters. The average Bonchev–Trinajstić information content (AvgIpc) is 2.52. The van der Waals surface area contributed by atoms with Gasteiger partial charge in [-0.2, -0.15) is 4.99 Å². The van der Waals surface area contributed by atoms with Crippen LogP contribution in [0.5, 0.6) is 0 Å². The maximum Gasteiger partial charge on any atom is 0.220 e. The van der Waals surface area contributed by atoms with Gasteiger partial charge in [-0.1, -0.05) is 30.3 Å². The highest BCUT2D eigenvalue weighted by Gasteiger charge is 2.32. The first-order chi connectivity index (χ1) is 11.5. The van der Waals surface area contributed by atoms with Gasteiger partial charge >= 0.3 is 0 Å². The van der Waals surface area contributed by atoms with E-state index in [2.05, 4.69) is 46.4 Å². The summed E-state index contributed by atoms with van der Waals surface area (Å²) in [7, 11) is 0. The van der Waals surface area contributed by atoms with Crippen molar-refractivity contribution < 1.29 is 0 Å². The zero-order valence-corrected chi connectivity index (χ0v) is 15.8. The summed E-state index contributed by atoms with van der Waals surface area (Å²) in [6.45, 7) is 3.93. The molecule has 25 heavy (non-hydrogen) atoms. The van der Waals surface area contributed by atoms with Crippen molar-refractivity contribution in [2.45, 2.75) is 30.2 Å². The average molecular weight is 376 g/mol. The maximum absolute atomic E-state index is 6.10. The number of hydrogen-bond acceptors (Lipinski definition) is 6. The summed E-state index contributed by atoms with van der Waals surface area (Å²) >= 11 is 1.80. The molecule has 0 aromatic heterocycles. The molecule has 132 valence electrons. The predicted molar refractivity (Wildman–Crippen MR) is 109 cm³/mol. The fourth-order valence-electron chi connectivity index (χ4n) is 2.72. The highest BCUT2D eigenvalue weighted by Crippen LogP contribution is 2.30. The molecule has 1 aliphatic heterocycles. The standard InChI is InChI=1S/C18H21N5S.ClH/c1-18(2)22-16(19)21-17(20)23(18)14-8-6-7-13(11-14)12-24-15-9-4-3-5-10-15;/h3-11H,12H2,1-2H3,(H4,19,20,21,22);1H. The summed E-state index contributed by atoms with van der Waals surface area (Å²) in [5, 5.41) is 0. The second-order valence-corrected chi connectivity index (χ2v) is 7.09. The lowest BCUT2D eigenvalue weighted by atomic mass is 10.1. The molecule has 1 heterocycles. The van der Waals surface area contributed by atoms with E-state index in [4.69, 9.17) is 11.5 Å². The van der Waals surface area contributed by atoms with Crippen LogP contribution in [0.2, 0.25) is 0 Å². The summed E-state index contributed by atoms with van der Waals surface area (Å²) in [4.78, 5) is 11.6. The first kappa shape index (κ1) is 19.1. The van der Waals surface area contributed by atoms with Crippen molar-refractivity contribution in [2.24, 2.45) is 21.5 Å². The number of anilines is 1. The van der Waals surface area contributed by atoms with Gasteiger partial charge in [-0.15, -0.1) is 24.2 Å². The van der Waals surface area contributed by atoms with E-state index in [1.54, 1.807) is 11.8 Å². The first-order valence-electron chi connectivity index (χ1n) is 7.72. The zero-order valence-electron chi connectivity index (χ0n) is 14.2. The smallest absolute Gasteiger partial charge is 0.220 e. The second-order valence-electron chi connectivity index (χ2n) is 6.04. The van der Waals surface area contributed by atoms with Crippen molar-refractivity contribution >= 4 is 41.8 Å². The quantitative estimate of drug-likeness (QED) is 0.800. The van der Waals surface area contributed by atoms with Gasteiger partial charge in [0, 0.05) is 16.3 Å². The summed E-state index contributed by atoms with van der Waals surface area (Å²) < 4.78 is 0. The predicted octanol–water partition coefficient (Wildman–Crippen LogP) is 3.59. The minimum Gasteiger partial charge on any atom is -0.369 e. The van der Waals surface area contributed by atoms with Gasteiger partial charge < -0.3 is 11.5 Å². The monoisotopic (exact) mass is 375 g/mol. The van der Waals surface area contributed by atoms with Gasteiger partial charge in [0.25, 0.3) is 0 Å². The lowest BCUT2D eigenvalue weighted by Gasteiger charge is -2.38. The van der Waals surface area contributed by atoms with Gasteiger partial charge in [0.2, 0.25) is 11.9 Å². The van der Waals surface area contributed by atoms with Crippen molar-refractivity contribution in [1.29, 1.82) is 0 Å². The molecule has 0 amide bonds. The number of halogens is 1. The van der Waals surface area contributed by atoms with Gasteiger partial charge in [0.05, 0.1) is 0 Å². The Kier molecular flexibility index (Phi) is 5.98. The molecule has 2 aromatic rings. The molecule has 2 aromatic carbocycles. The molecule has 0 aliphatic carbocycles. The molecule has 0 saturated carbocycles. The van der Waals surface area contributed by atoms with Crippen molar-refractivity contribution in [2.75, 3.05) is 4.90 Å². The molecule has 0 atom stereocenters. The number of nitrogens with zero attached hydrogens (tertiary/aromatic N) is 3. The molecule has 5 nitrogen and oxygen atoms in total. The minimum absolute atomic E-state index is 0. The van der Waals surface area contributed by atoms with Crippen molar-refractivity contribution in [3.8, 4) is 0 Å². The number of rotatable bonds is 4. The Morgan fingerprint density at radius 1 is 1.04 bits per heavy atom. The van der Waals surface area contributed by atoms with Crippen molar-refractivity contribution in [3.63, 3.8) is 0 Å². The lowest BCUT2D eigenvalue weighted by molar-refractivity contribution is 0.534. The van der Waals surface area contributed by atoms with E-state index in [9.17, 15) is 0 Å². The molecule has 4 N–H and O–H groups in total. The Labute approximate surface area is 158 Å². The van der Waals surface area contributed by atoms with Crippen molar-refractivity contribution in [1.82, 2.24) is 0 Å². The number of thioether (sulfide) groups is 1. The zero-order chi connectivity index (χ0) is 17.2. The Balaban J connectivity index is 0.00000225. The summed E-state index contributed by atoms with van der Waals surface area (Å²) in [6.07, 6.45) is 0. The van der Waals surface area contributed by atoms with Crippen LogP contribution < -0.4 is 16.4 Å². The number of guanidine groups is 2. The highest BCUT2D eigenvalue weighted by molar-refractivity contribution is 7.98. The van der Waals surface area contributed by atoms with Gasteiger partial charge in [-0.05, 0) is 43.7 Å². The topological polar surface area (TPSA) is 80.0 Å². The fraction of sp³-hybridized carbons (Fsp3) is 0.222. The van der Waals surface area contributed by atoms with E-state index in [-0.39, 0.29) is 18.4 Å². The van der Waals surface area contributed by atoms with Crippen LogP contribution in [0.25, 0.3) is 0 Å². The van der Waals surface area contributed by atoms with Crippen LogP contribution in [0.4, 0.5) is 5.69 Å². The van der Waals surface area contributed by atoms with Gasteiger partial charge in [0.15, 0.2) is 0 Å². The summed E-state index contributed by atoms with van der Waals surface area (Å²) in [5.74, 6) is 1.46. The maximum atomic E-state index is 6.10. The molecular formula is C18H22ClN5S. The van der Waals surface area contributed by atoms with E-state index in [0.717, 1.165) is 11.4 Å². The van der Waals surface area contributed by atoms with Gasteiger partial charge in [0.1, 0.15) is 5.66 Å². The number of aliphatic imine (C=N–C) groups is 2. The van der Waals surface area contributed by atoms with Gasteiger partial charge in [-0.25, -0.2) is 4.99 Å². The number of benzene rings is 2. The van der Waals surface area contributed by atoms with E-state index >= 15 is 0 Å². The number of nitrogens with two attached hydrogens (primary N) is 2. The first-order valence-corrected chi connectivity index (χ1v) is 8.71. The molecule has 1 aliphatic rings. The van der Waals surface area contributed by atoms with Crippen LogP contribution in [-0.2, 0) is 5.75 Å². The molecular weight excluding hydrogens is 354 g/mol. The van der Waals surface area contributed by atoms with Crippen LogP contribution in [0.15, 0.2) is 69.5 Å². The fourth-order valence-corrected chi connectivity index (χ4v) is 3.58. The van der Waals surface area contributed by atoms with Gasteiger partial charge in [-0.3, -0.25) is 4.90 Å². The Hall–Kier alpha value is -2.18. The summed E-state index contributed by atoms with van der Waals surface area (Å²) in [5.41, 5.74) is 13.4. The van der Waals surface area contributed by atoms with Crippen molar-refractivity contribution in [3.05, 3.63) is 60.2 Å². The normalized spacial score (nSPS) is 15.8. The van der Waals surface area contributed by atoms with E-state index in [0.29, 0.717) is 5.96 Å². The third-order valence-corrected chi connectivity index (χ3v) is 4.79. The molecule has 0 radical (unpaired) electrons. The third-order valence-electron chi connectivity index (χ3n) is 3.71. The molecule has 0 bridgehead atoms. The Bertz CT molecular complexity index is 789. The van der Waals surface area contributed by atoms with E-state index < -0.39 is 5.66 Å². The largest absolute Gasteiger partial charge is 0.369 e. The molecule has 7 heteroatoms. The summed E-state index contributed by atoms with van der Waals surface area (Å²) in [6, 6.07) is 18.6. The van der Waals surface area contributed by atoms with E-state index in [1.807, 2.05) is 36.9 Å². The lowest BCUT2D eigenvalue weighted by Crippen LogP contribution is -2.54. The van der Waals surface area contributed by atoms with Crippen LogP contribution in [0.3, 0.4) is 0 Å². The number of hydrogen-bond donors (Lipinski definition) is 2. The highest BCUT2D eigenvalue weighted by atomic mass is 35.5. The van der Waals surface area contributed by atoms with E-state index in [1.165, 1.54) is 10.5 Å². The molecule has 0 saturated heterocycles. The molecule has 0 spiro atoms. The molecule has 0 fully saturated rings. The van der Waals surface area contributed by atoms with Crippen LogP contribution in [0, 0.1) is 0 Å². The minimum atomic E-state index is -0.568. The van der Waals surface area contributed by atoms with Crippen LogP contribution in [-0.4, -0.2) is 17.6 Å². The molecule has 3 rings (SSSR count). The Morgan fingerprint density at radius 2 is 1.76 bits per heavy atom. The van der Waals surface area contributed by atoms with Crippen LogP contribution in [0.1, 0.15) is 19.4 Å². The SMILES string of the molecule is CC1(C)N=C(N)N=C(N)N1c1cccc(CSc2ccccc2)c1.Cl.